The molecule has 2 saturated heterocycles. The van der Waals surface area contributed by atoms with Crippen LogP contribution in [-0.4, -0.2) is 75.3 Å². The van der Waals surface area contributed by atoms with Gasteiger partial charge in [-0.15, -0.1) is 0 Å². The Balaban J connectivity index is 1.86. The Hall–Kier alpha value is -0.810. The molecule has 0 spiro atoms. The standard InChI is InChI=1S/C21H42N4O/c1-5-10-21(3)11-7-12-25(18-21)20(22-6-2)23-17-19-8-13-24(14-9-19)15-16-26-4/h19H,5-18H2,1-4H3,(H,22,23). The minimum absolute atomic E-state index is 0.454. The van der Waals surface area contributed by atoms with E-state index in [9.17, 15) is 0 Å². The number of hydrogen-bond donors (Lipinski definition) is 1. The second kappa shape index (κ2) is 11.1. The fourth-order valence-corrected chi connectivity index (χ4v) is 4.56. The molecule has 152 valence electrons. The summed E-state index contributed by atoms with van der Waals surface area (Å²) >= 11 is 0. The molecule has 0 radical (unpaired) electrons. The van der Waals surface area contributed by atoms with Crippen LogP contribution in [-0.2, 0) is 4.74 Å². The Morgan fingerprint density at radius 3 is 2.65 bits per heavy atom. The number of aliphatic imine (C=N–C) groups is 1. The van der Waals surface area contributed by atoms with E-state index in [1.165, 1.54) is 51.6 Å². The Bertz CT molecular complexity index is 416. The quantitative estimate of drug-likeness (QED) is 0.529. The Labute approximate surface area is 161 Å². The Morgan fingerprint density at radius 2 is 2.00 bits per heavy atom. The van der Waals surface area contributed by atoms with Crippen molar-refractivity contribution in [3.63, 3.8) is 0 Å². The smallest absolute Gasteiger partial charge is 0.193 e. The van der Waals surface area contributed by atoms with Crippen LogP contribution in [0.15, 0.2) is 4.99 Å². The summed E-state index contributed by atoms with van der Waals surface area (Å²) in [5.41, 5.74) is 0.454. The SMILES string of the molecule is CCCC1(C)CCCN(C(=NCC2CCN(CCOC)CC2)NCC)C1. The minimum atomic E-state index is 0.454. The summed E-state index contributed by atoms with van der Waals surface area (Å²) in [7, 11) is 1.79. The maximum Gasteiger partial charge on any atom is 0.193 e. The van der Waals surface area contributed by atoms with Gasteiger partial charge in [0.2, 0.25) is 0 Å². The lowest BCUT2D eigenvalue weighted by atomic mass is 9.78. The van der Waals surface area contributed by atoms with Crippen molar-refractivity contribution < 1.29 is 4.74 Å². The summed E-state index contributed by atoms with van der Waals surface area (Å²) in [4.78, 5) is 10.1. The first kappa shape index (κ1) is 21.5. The average Bonchev–Trinajstić information content (AvgIpc) is 2.64. The van der Waals surface area contributed by atoms with E-state index in [0.717, 1.165) is 51.2 Å². The van der Waals surface area contributed by atoms with E-state index in [1.807, 2.05) is 0 Å². The number of piperidine rings is 2. The van der Waals surface area contributed by atoms with Gasteiger partial charge in [0.25, 0.3) is 0 Å². The van der Waals surface area contributed by atoms with Crippen molar-refractivity contribution in [3.05, 3.63) is 0 Å². The molecular weight excluding hydrogens is 324 g/mol. The first-order valence-electron chi connectivity index (χ1n) is 10.8. The van der Waals surface area contributed by atoms with Gasteiger partial charge >= 0.3 is 0 Å². The lowest BCUT2D eigenvalue weighted by Crippen LogP contribution is -2.50. The molecule has 2 fully saturated rings. The summed E-state index contributed by atoms with van der Waals surface area (Å²) in [6.07, 6.45) is 7.78. The molecule has 26 heavy (non-hydrogen) atoms. The fourth-order valence-electron chi connectivity index (χ4n) is 4.56. The molecule has 1 unspecified atom stereocenters. The minimum Gasteiger partial charge on any atom is -0.383 e. The normalized spacial score (nSPS) is 26.3. The van der Waals surface area contributed by atoms with Gasteiger partial charge in [-0.1, -0.05) is 20.3 Å². The van der Waals surface area contributed by atoms with Gasteiger partial charge in [0.15, 0.2) is 5.96 Å². The number of ether oxygens (including phenoxy) is 1. The summed E-state index contributed by atoms with van der Waals surface area (Å²) in [5, 5.41) is 3.56. The number of likely N-dealkylation sites (tertiary alicyclic amines) is 2. The van der Waals surface area contributed by atoms with Crippen molar-refractivity contribution in [3.8, 4) is 0 Å². The highest BCUT2D eigenvalue weighted by Gasteiger charge is 2.31. The lowest BCUT2D eigenvalue weighted by molar-refractivity contribution is 0.121. The third kappa shape index (κ3) is 6.73. The zero-order chi connectivity index (χ0) is 18.8. The third-order valence-electron chi connectivity index (χ3n) is 6.09. The van der Waals surface area contributed by atoms with Crippen molar-refractivity contribution >= 4 is 5.96 Å². The van der Waals surface area contributed by atoms with E-state index in [2.05, 4.69) is 35.9 Å². The molecule has 1 atom stereocenters. The molecule has 2 aliphatic heterocycles. The van der Waals surface area contributed by atoms with E-state index in [4.69, 9.17) is 9.73 Å². The second-order valence-corrected chi connectivity index (χ2v) is 8.56. The molecule has 0 aromatic carbocycles. The monoisotopic (exact) mass is 366 g/mol. The van der Waals surface area contributed by atoms with Crippen LogP contribution >= 0.6 is 0 Å². The predicted octanol–water partition coefficient (Wildman–Crippen LogP) is 3.21. The van der Waals surface area contributed by atoms with E-state index in [0.29, 0.717) is 5.41 Å². The average molecular weight is 367 g/mol. The van der Waals surface area contributed by atoms with Crippen molar-refractivity contribution in [1.29, 1.82) is 0 Å². The van der Waals surface area contributed by atoms with E-state index >= 15 is 0 Å². The Morgan fingerprint density at radius 1 is 1.23 bits per heavy atom. The summed E-state index contributed by atoms with van der Waals surface area (Å²) in [5.74, 6) is 1.88. The summed E-state index contributed by atoms with van der Waals surface area (Å²) < 4.78 is 5.20. The molecular formula is C21H42N4O. The van der Waals surface area contributed by atoms with Crippen LogP contribution in [0.3, 0.4) is 0 Å². The van der Waals surface area contributed by atoms with Crippen molar-refractivity contribution in [1.82, 2.24) is 15.1 Å². The van der Waals surface area contributed by atoms with Crippen LogP contribution < -0.4 is 5.32 Å². The molecule has 2 aliphatic rings. The first-order valence-corrected chi connectivity index (χ1v) is 10.8. The highest BCUT2D eigenvalue weighted by Crippen LogP contribution is 2.34. The molecule has 5 nitrogen and oxygen atoms in total. The van der Waals surface area contributed by atoms with Gasteiger partial charge in [0.1, 0.15) is 0 Å². The number of hydrogen-bond acceptors (Lipinski definition) is 3. The molecule has 0 saturated carbocycles. The summed E-state index contributed by atoms with van der Waals surface area (Å²) in [6.45, 7) is 15.5. The van der Waals surface area contributed by atoms with Gasteiger partial charge in [-0.3, -0.25) is 4.99 Å². The zero-order valence-corrected chi connectivity index (χ0v) is 17.7. The lowest BCUT2D eigenvalue weighted by Gasteiger charge is -2.42. The first-order chi connectivity index (χ1) is 12.6. The highest BCUT2D eigenvalue weighted by molar-refractivity contribution is 5.80. The molecule has 0 aliphatic carbocycles. The van der Waals surface area contributed by atoms with Gasteiger partial charge in [-0.2, -0.15) is 0 Å². The number of guanidine groups is 1. The van der Waals surface area contributed by atoms with Crippen molar-refractivity contribution in [2.45, 2.75) is 59.3 Å². The molecule has 0 amide bonds. The number of methoxy groups -OCH3 is 1. The topological polar surface area (TPSA) is 40.1 Å². The van der Waals surface area contributed by atoms with Gasteiger partial charge in [-0.25, -0.2) is 0 Å². The Kier molecular flexibility index (Phi) is 9.20. The number of nitrogens with one attached hydrogen (secondary N) is 1. The van der Waals surface area contributed by atoms with Crippen molar-refractivity contribution in [2.24, 2.45) is 16.3 Å². The summed E-state index contributed by atoms with van der Waals surface area (Å²) in [6, 6.07) is 0. The maximum atomic E-state index is 5.20. The van der Waals surface area contributed by atoms with Crippen LogP contribution in [0.4, 0.5) is 0 Å². The van der Waals surface area contributed by atoms with Crippen LogP contribution in [0.25, 0.3) is 0 Å². The molecule has 2 heterocycles. The van der Waals surface area contributed by atoms with Crippen LogP contribution in [0.5, 0.6) is 0 Å². The largest absolute Gasteiger partial charge is 0.383 e. The second-order valence-electron chi connectivity index (χ2n) is 8.56. The molecule has 0 bridgehead atoms. The van der Waals surface area contributed by atoms with E-state index < -0.39 is 0 Å². The predicted molar refractivity (Wildman–Crippen MR) is 111 cm³/mol. The van der Waals surface area contributed by atoms with Crippen LogP contribution in [0.1, 0.15) is 59.3 Å². The molecule has 0 aromatic rings. The fraction of sp³-hybridized carbons (Fsp3) is 0.952. The van der Waals surface area contributed by atoms with Crippen LogP contribution in [0.2, 0.25) is 0 Å². The number of nitrogens with zero attached hydrogens (tertiary/aromatic N) is 3. The maximum absolute atomic E-state index is 5.20. The zero-order valence-electron chi connectivity index (χ0n) is 17.7. The van der Waals surface area contributed by atoms with Gasteiger partial charge in [0, 0.05) is 39.8 Å². The number of rotatable bonds is 8. The van der Waals surface area contributed by atoms with Crippen molar-refractivity contribution in [2.75, 3.05) is 59.5 Å². The van der Waals surface area contributed by atoms with E-state index in [-0.39, 0.29) is 0 Å². The van der Waals surface area contributed by atoms with Crippen LogP contribution in [0, 0.1) is 11.3 Å². The van der Waals surface area contributed by atoms with Gasteiger partial charge in [-0.05, 0) is 63.5 Å². The third-order valence-corrected chi connectivity index (χ3v) is 6.09. The molecule has 5 heteroatoms. The molecule has 2 rings (SSSR count). The van der Waals surface area contributed by atoms with E-state index in [1.54, 1.807) is 7.11 Å². The van der Waals surface area contributed by atoms with Gasteiger partial charge in [0.05, 0.1) is 6.61 Å². The molecule has 1 N–H and O–H groups in total. The highest BCUT2D eigenvalue weighted by atomic mass is 16.5. The molecule has 0 aromatic heterocycles. The van der Waals surface area contributed by atoms with Gasteiger partial charge < -0.3 is 19.9 Å².